The Labute approximate surface area is 153 Å². The Balaban J connectivity index is 1.54. The van der Waals surface area contributed by atoms with Crippen LogP contribution in [0.2, 0.25) is 0 Å². The van der Waals surface area contributed by atoms with Gasteiger partial charge in [-0.15, -0.1) is 0 Å². The first kappa shape index (κ1) is 17.6. The van der Waals surface area contributed by atoms with E-state index in [4.69, 9.17) is 9.15 Å². The monoisotopic (exact) mass is 350 g/mol. The summed E-state index contributed by atoms with van der Waals surface area (Å²) in [5.41, 5.74) is 2.31. The van der Waals surface area contributed by atoms with E-state index in [1.165, 1.54) is 5.56 Å². The van der Waals surface area contributed by atoms with Crippen LogP contribution in [0.4, 0.5) is 4.79 Å². The fourth-order valence-electron chi connectivity index (χ4n) is 2.65. The van der Waals surface area contributed by atoms with E-state index in [0.717, 1.165) is 17.1 Å². The van der Waals surface area contributed by atoms with Crippen molar-refractivity contribution >= 4 is 6.03 Å². The summed E-state index contributed by atoms with van der Waals surface area (Å²) in [4.78, 5) is 13.6. The van der Waals surface area contributed by atoms with Gasteiger partial charge in [-0.3, -0.25) is 0 Å². The van der Waals surface area contributed by atoms with Crippen molar-refractivity contribution in [1.82, 2.24) is 10.2 Å². The van der Waals surface area contributed by atoms with Crippen LogP contribution in [0.3, 0.4) is 0 Å². The SMILES string of the molecule is CNC(=O)N(CCOc1ccc(-c2ccccc2)cc1)Cc1ccco1. The molecule has 0 aliphatic rings. The first-order valence-corrected chi connectivity index (χ1v) is 8.53. The summed E-state index contributed by atoms with van der Waals surface area (Å²) >= 11 is 0. The molecule has 0 radical (unpaired) electrons. The average Bonchev–Trinajstić information content (AvgIpc) is 3.21. The normalized spacial score (nSPS) is 10.3. The molecule has 26 heavy (non-hydrogen) atoms. The summed E-state index contributed by atoms with van der Waals surface area (Å²) in [5, 5.41) is 2.64. The van der Waals surface area contributed by atoms with Gasteiger partial charge in [-0.05, 0) is 35.4 Å². The molecule has 0 fully saturated rings. The van der Waals surface area contributed by atoms with Gasteiger partial charge in [-0.2, -0.15) is 0 Å². The van der Waals surface area contributed by atoms with Crippen LogP contribution in [0.15, 0.2) is 77.4 Å². The number of benzene rings is 2. The first-order valence-electron chi connectivity index (χ1n) is 8.53. The number of ether oxygens (including phenoxy) is 1. The molecular formula is C21H22N2O3. The molecule has 2 aromatic carbocycles. The largest absolute Gasteiger partial charge is 0.492 e. The number of furan rings is 1. The molecule has 0 aliphatic heterocycles. The molecule has 3 rings (SSSR count). The minimum Gasteiger partial charge on any atom is -0.492 e. The molecule has 5 heteroatoms. The molecule has 5 nitrogen and oxygen atoms in total. The molecule has 0 saturated carbocycles. The third kappa shape index (κ3) is 4.66. The summed E-state index contributed by atoms with van der Waals surface area (Å²) in [5.74, 6) is 1.51. The van der Waals surface area contributed by atoms with Crippen molar-refractivity contribution in [3.8, 4) is 16.9 Å². The van der Waals surface area contributed by atoms with Crippen LogP contribution in [0.1, 0.15) is 5.76 Å². The van der Waals surface area contributed by atoms with Crippen molar-refractivity contribution in [3.63, 3.8) is 0 Å². The Morgan fingerprint density at radius 2 is 1.73 bits per heavy atom. The van der Waals surface area contributed by atoms with Gasteiger partial charge >= 0.3 is 6.03 Å². The van der Waals surface area contributed by atoms with Crippen molar-refractivity contribution in [2.24, 2.45) is 0 Å². The summed E-state index contributed by atoms with van der Waals surface area (Å²) in [6.07, 6.45) is 1.60. The van der Waals surface area contributed by atoms with Gasteiger partial charge in [0.1, 0.15) is 18.1 Å². The predicted octanol–water partition coefficient (Wildman–Crippen LogP) is 4.17. The molecule has 0 saturated heterocycles. The van der Waals surface area contributed by atoms with Gasteiger partial charge in [0.25, 0.3) is 0 Å². The summed E-state index contributed by atoms with van der Waals surface area (Å²) < 4.78 is 11.1. The third-order valence-corrected chi connectivity index (χ3v) is 4.02. The van der Waals surface area contributed by atoms with Gasteiger partial charge in [0, 0.05) is 7.05 Å². The Morgan fingerprint density at radius 1 is 1.00 bits per heavy atom. The molecule has 1 heterocycles. The second kappa shape index (κ2) is 8.76. The van der Waals surface area contributed by atoms with E-state index in [0.29, 0.717) is 19.7 Å². The lowest BCUT2D eigenvalue weighted by Crippen LogP contribution is -2.39. The number of rotatable bonds is 7. The highest BCUT2D eigenvalue weighted by Gasteiger charge is 2.13. The fraction of sp³-hybridized carbons (Fsp3) is 0.190. The molecule has 1 aromatic heterocycles. The molecule has 0 spiro atoms. The van der Waals surface area contributed by atoms with E-state index in [-0.39, 0.29) is 6.03 Å². The minimum absolute atomic E-state index is 0.163. The number of hydrogen-bond acceptors (Lipinski definition) is 3. The standard InChI is InChI=1S/C21H22N2O3/c1-22-21(24)23(16-20-8-5-14-25-20)13-15-26-19-11-9-18(10-12-19)17-6-3-2-4-7-17/h2-12,14H,13,15-16H2,1H3,(H,22,24). The van der Waals surface area contributed by atoms with E-state index in [1.807, 2.05) is 54.6 Å². The second-order valence-electron chi connectivity index (χ2n) is 5.79. The van der Waals surface area contributed by atoms with Crippen LogP contribution in [0.5, 0.6) is 5.75 Å². The van der Waals surface area contributed by atoms with Gasteiger partial charge in [0.15, 0.2) is 0 Å². The van der Waals surface area contributed by atoms with Gasteiger partial charge in [0.05, 0.1) is 19.4 Å². The molecule has 134 valence electrons. The van der Waals surface area contributed by atoms with Crippen LogP contribution in [0.25, 0.3) is 11.1 Å². The fourth-order valence-corrected chi connectivity index (χ4v) is 2.65. The third-order valence-electron chi connectivity index (χ3n) is 4.02. The molecule has 0 bridgehead atoms. The molecule has 0 unspecified atom stereocenters. The Morgan fingerprint density at radius 3 is 2.38 bits per heavy atom. The first-order chi connectivity index (χ1) is 12.8. The lowest BCUT2D eigenvalue weighted by molar-refractivity contribution is 0.176. The number of carbonyl (C=O) groups excluding carboxylic acids is 1. The molecule has 3 aromatic rings. The average molecular weight is 350 g/mol. The topological polar surface area (TPSA) is 54.7 Å². The summed E-state index contributed by atoms with van der Waals surface area (Å²) in [6.45, 7) is 1.27. The quantitative estimate of drug-likeness (QED) is 0.696. The lowest BCUT2D eigenvalue weighted by atomic mass is 10.1. The predicted molar refractivity (Wildman–Crippen MR) is 101 cm³/mol. The van der Waals surface area contributed by atoms with E-state index >= 15 is 0 Å². The second-order valence-corrected chi connectivity index (χ2v) is 5.79. The maximum atomic E-state index is 12.0. The highest BCUT2D eigenvalue weighted by molar-refractivity contribution is 5.73. The van der Waals surface area contributed by atoms with Crippen molar-refractivity contribution in [2.75, 3.05) is 20.2 Å². The highest BCUT2D eigenvalue weighted by atomic mass is 16.5. The van der Waals surface area contributed by atoms with Crippen molar-refractivity contribution in [2.45, 2.75) is 6.54 Å². The molecule has 1 N–H and O–H groups in total. The van der Waals surface area contributed by atoms with Crippen LogP contribution in [0, 0.1) is 0 Å². The lowest BCUT2D eigenvalue weighted by Gasteiger charge is -2.21. The zero-order valence-electron chi connectivity index (χ0n) is 14.7. The van der Waals surface area contributed by atoms with Crippen molar-refractivity contribution in [3.05, 3.63) is 78.8 Å². The van der Waals surface area contributed by atoms with Gasteiger partial charge in [-0.1, -0.05) is 42.5 Å². The van der Waals surface area contributed by atoms with Crippen molar-refractivity contribution in [1.29, 1.82) is 0 Å². The van der Waals surface area contributed by atoms with Crippen LogP contribution in [-0.2, 0) is 6.54 Å². The molecule has 0 atom stereocenters. The van der Waals surface area contributed by atoms with E-state index in [9.17, 15) is 4.79 Å². The molecule has 2 amide bonds. The minimum atomic E-state index is -0.163. The number of nitrogens with zero attached hydrogens (tertiary/aromatic N) is 1. The summed E-state index contributed by atoms with van der Waals surface area (Å²) in [7, 11) is 1.61. The molecular weight excluding hydrogens is 328 g/mol. The van der Waals surface area contributed by atoms with Crippen LogP contribution >= 0.6 is 0 Å². The van der Waals surface area contributed by atoms with Crippen LogP contribution in [-0.4, -0.2) is 31.1 Å². The maximum Gasteiger partial charge on any atom is 0.317 e. The highest BCUT2D eigenvalue weighted by Crippen LogP contribution is 2.22. The maximum absolute atomic E-state index is 12.0. The van der Waals surface area contributed by atoms with Crippen LogP contribution < -0.4 is 10.1 Å². The van der Waals surface area contributed by atoms with E-state index < -0.39 is 0 Å². The van der Waals surface area contributed by atoms with Crippen molar-refractivity contribution < 1.29 is 13.9 Å². The van der Waals surface area contributed by atoms with E-state index in [1.54, 1.807) is 18.2 Å². The summed E-state index contributed by atoms with van der Waals surface area (Å²) in [6, 6.07) is 21.6. The van der Waals surface area contributed by atoms with Gasteiger partial charge in [-0.25, -0.2) is 4.79 Å². The van der Waals surface area contributed by atoms with Gasteiger partial charge < -0.3 is 19.4 Å². The number of amides is 2. The van der Waals surface area contributed by atoms with Gasteiger partial charge in [0.2, 0.25) is 0 Å². The Bertz CT molecular complexity index is 799. The Hall–Kier alpha value is -3.21. The number of urea groups is 1. The zero-order valence-corrected chi connectivity index (χ0v) is 14.7. The zero-order chi connectivity index (χ0) is 18.2. The molecule has 0 aliphatic carbocycles. The Kier molecular flexibility index (Phi) is 5.93. The number of hydrogen-bond donors (Lipinski definition) is 1. The number of nitrogens with one attached hydrogen (secondary N) is 1. The van der Waals surface area contributed by atoms with E-state index in [2.05, 4.69) is 17.4 Å². The smallest absolute Gasteiger partial charge is 0.317 e. The number of carbonyl (C=O) groups is 1.